The maximum absolute atomic E-state index is 13.1. The van der Waals surface area contributed by atoms with Crippen LogP contribution in [-0.4, -0.2) is 49.3 Å². The van der Waals surface area contributed by atoms with Crippen molar-refractivity contribution >= 4 is 28.4 Å². The topological polar surface area (TPSA) is 90.0 Å². The molecule has 3 aromatic heterocycles. The highest BCUT2D eigenvalue weighted by molar-refractivity contribution is 7.07. The second-order valence-electron chi connectivity index (χ2n) is 8.14. The van der Waals surface area contributed by atoms with E-state index in [2.05, 4.69) is 20.6 Å². The lowest BCUT2D eigenvalue weighted by atomic mass is 10.1. The standard InChI is InChI=1S/C22H25N7O2S/c1-26-19-18(20(30)27(2)22(26)31)29(11-15-6-4-3-5-7-15)21(25-19)28-9-8-23-16(12-28)10-17-13-32-14-24-17/h3-7,13-14,16,23H,8-12H2,1-2H3. The number of rotatable bonds is 5. The number of piperazine rings is 1. The summed E-state index contributed by atoms with van der Waals surface area (Å²) in [6.07, 6.45) is 0.833. The molecule has 0 saturated carbocycles. The smallest absolute Gasteiger partial charge is 0.332 e. The number of hydrogen-bond acceptors (Lipinski definition) is 7. The van der Waals surface area contributed by atoms with Crippen molar-refractivity contribution in [3.05, 3.63) is 73.3 Å². The van der Waals surface area contributed by atoms with Gasteiger partial charge in [0.1, 0.15) is 0 Å². The van der Waals surface area contributed by atoms with E-state index in [9.17, 15) is 9.59 Å². The summed E-state index contributed by atoms with van der Waals surface area (Å²) < 4.78 is 4.56. The summed E-state index contributed by atoms with van der Waals surface area (Å²) in [7, 11) is 3.18. The number of nitrogens with one attached hydrogen (secondary N) is 1. The first-order chi connectivity index (χ1) is 15.5. The summed E-state index contributed by atoms with van der Waals surface area (Å²) in [5, 5.41) is 5.64. The Hall–Kier alpha value is -3.24. The minimum atomic E-state index is -0.375. The van der Waals surface area contributed by atoms with Crippen molar-refractivity contribution in [1.82, 2.24) is 29.0 Å². The first-order valence-corrected chi connectivity index (χ1v) is 11.5. The molecule has 0 spiro atoms. The Labute approximate surface area is 188 Å². The zero-order valence-corrected chi connectivity index (χ0v) is 18.9. The first-order valence-electron chi connectivity index (χ1n) is 10.6. The molecule has 1 unspecified atom stereocenters. The average Bonchev–Trinajstić information content (AvgIpc) is 3.45. The molecular weight excluding hydrogens is 426 g/mol. The van der Waals surface area contributed by atoms with E-state index >= 15 is 0 Å². The van der Waals surface area contributed by atoms with E-state index in [0.717, 1.165) is 41.9 Å². The van der Waals surface area contributed by atoms with Crippen LogP contribution in [0.5, 0.6) is 0 Å². The third-order valence-corrected chi connectivity index (χ3v) is 6.62. The Morgan fingerprint density at radius 1 is 1.16 bits per heavy atom. The van der Waals surface area contributed by atoms with Gasteiger partial charge in [0.05, 0.1) is 17.7 Å². The molecule has 1 fully saturated rings. The van der Waals surface area contributed by atoms with Crippen molar-refractivity contribution in [2.24, 2.45) is 14.1 Å². The third-order valence-electron chi connectivity index (χ3n) is 5.99. The van der Waals surface area contributed by atoms with E-state index in [0.29, 0.717) is 23.7 Å². The van der Waals surface area contributed by atoms with Gasteiger partial charge in [-0.2, -0.15) is 4.98 Å². The highest BCUT2D eigenvalue weighted by Crippen LogP contribution is 2.23. The van der Waals surface area contributed by atoms with Crippen LogP contribution >= 0.6 is 11.3 Å². The van der Waals surface area contributed by atoms with Crippen LogP contribution in [0.25, 0.3) is 11.2 Å². The van der Waals surface area contributed by atoms with Crippen molar-refractivity contribution in [2.45, 2.75) is 19.0 Å². The van der Waals surface area contributed by atoms with Gasteiger partial charge in [-0.3, -0.25) is 18.5 Å². The van der Waals surface area contributed by atoms with E-state index in [1.807, 2.05) is 40.4 Å². The van der Waals surface area contributed by atoms with Gasteiger partial charge in [0.25, 0.3) is 5.56 Å². The van der Waals surface area contributed by atoms with Crippen LogP contribution in [0.2, 0.25) is 0 Å². The summed E-state index contributed by atoms with van der Waals surface area (Å²) in [6.45, 7) is 2.81. The van der Waals surface area contributed by atoms with Crippen LogP contribution in [0.15, 0.2) is 50.8 Å². The molecule has 0 bridgehead atoms. The van der Waals surface area contributed by atoms with E-state index in [-0.39, 0.29) is 17.3 Å². The van der Waals surface area contributed by atoms with Crippen molar-refractivity contribution in [3.8, 4) is 0 Å². The lowest BCUT2D eigenvalue weighted by Crippen LogP contribution is -2.52. The number of imidazole rings is 1. The largest absolute Gasteiger partial charge is 0.339 e. The summed E-state index contributed by atoms with van der Waals surface area (Å²) in [5.41, 5.74) is 4.15. The molecule has 1 N–H and O–H groups in total. The maximum atomic E-state index is 13.1. The molecule has 1 aliphatic rings. The van der Waals surface area contributed by atoms with Crippen molar-refractivity contribution < 1.29 is 0 Å². The Morgan fingerprint density at radius 3 is 2.72 bits per heavy atom. The molecule has 1 saturated heterocycles. The molecule has 32 heavy (non-hydrogen) atoms. The van der Waals surface area contributed by atoms with Gasteiger partial charge in [0.2, 0.25) is 5.95 Å². The molecule has 1 aromatic carbocycles. The SMILES string of the molecule is Cn1c(=O)c2c(nc(N3CCNC(Cc4cscn4)C3)n2Cc2ccccc2)n(C)c1=O. The fraction of sp³-hybridized carbons (Fsp3) is 0.364. The summed E-state index contributed by atoms with van der Waals surface area (Å²) in [5.74, 6) is 0.715. The predicted octanol–water partition coefficient (Wildman–Crippen LogP) is 0.959. The molecule has 1 aliphatic heterocycles. The lowest BCUT2D eigenvalue weighted by molar-refractivity contribution is 0.445. The molecule has 9 nitrogen and oxygen atoms in total. The van der Waals surface area contributed by atoms with Crippen LogP contribution in [0.1, 0.15) is 11.3 Å². The number of aryl methyl sites for hydroxylation is 1. The average molecular weight is 452 g/mol. The van der Waals surface area contributed by atoms with Gasteiger partial charge < -0.3 is 10.2 Å². The Kier molecular flexibility index (Phi) is 5.40. The highest BCUT2D eigenvalue weighted by atomic mass is 32.1. The fourth-order valence-corrected chi connectivity index (χ4v) is 4.90. The Balaban J connectivity index is 1.60. The number of fused-ring (bicyclic) bond motifs is 1. The maximum Gasteiger partial charge on any atom is 0.332 e. The van der Waals surface area contributed by atoms with Gasteiger partial charge >= 0.3 is 5.69 Å². The van der Waals surface area contributed by atoms with Gasteiger partial charge in [0.15, 0.2) is 11.2 Å². The quantitative estimate of drug-likeness (QED) is 0.486. The zero-order valence-electron chi connectivity index (χ0n) is 18.1. The van der Waals surface area contributed by atoms with Crippen LogP contribution in [0.3, 0.4) is 0 Å². The number of nitrogens with zero attached hydrogens (tertiary/aromatic N) is 6. The number of benzene rings is 1. The Morgan fingerprint density at radius 2 is 1.97 bits per heavy atom. The monoisotopic (exact) mass is 451 g/mol. The number of hydrogen-bond donors (Lipinski definition) is 1. The van der Waals surface area contributed by atoms with E-state index in [1.54, 1.807) is 18.4 Å². The van der Waals surface area contributed by atoms with Crippen molar-refractivity contribution in [2.75, 3.05) is 24.5 Å². The van der Waals surface area contributed by atoms with Crippen LogP contribution in [-0.2, 0) is 27.1 Å². The molecule has 0 radical (unpaired) electrons. The predicted molar refractivity (Wildman–Crippen MR) is 126 cm³/mol. The van der Waals surface area contributed by atoms with Gasteiger partial charge in [0, 0.05) is 51.6 Å². The molecule has 1 atom stereocenters. The van der Waals surface area contributed by atoms with Crippen molar-refractivity contribution in [3.63, 3.8) is 0 Å². The zero-order chi connectivity index (χ0) is 22.2. The minimum absolute atomic E-state index is 0.225. The van der Waals surface area contributed by atoms with E-state index in [1.165, 1.54) is 11.6 Å². The van der Waals surface area contributed by atoms with E-state index in [4.69, 9.17) is 4.98 Å². The van der Waals surface area contributed by atoms with Crippen LogP contribution < -0.4 is 21.5 Å². The van der Waals surface area contributed by atoms with Gasteiger partial charge in [-0.15, -0.1) is 11.3 Å². The number of anilines is 1. The molecule has 4 aromatic rings. The van der Waals surface area contributed by atoms with Gasteiger partial charge in [-0.1, -0.05) is 30.3 Å². The van der Waals surface area contributed by atoms with Crippen LogP contribution in [0, 0.1) is 0 Å². The van der Waals surface area contributed by atoms with Gasteiger partial charge in [-0.05, 0) is 5.56 Å². The van der Waals surface area contributed by atoms with Crippen molar-refractivity contribution in [1.29, 1.82) is 0 Å². The molecule has 5 rings (SSSR count). The van der Waals surface area contributed by atoms with E-state index < -0.39 is 0 Å². The fourth-order valence-electron chi connectivity index (χ4n) is 4.33. The lowest BCUT2D eigenvalue weighted by Gasteiger charge is -2.34. The summed E-state index contributed by atoms with van der Waals surface area (Å²) in [4.78, 5) is 37.1. The minimum Gasteiger partial charge on any atom is -0.339 e. The third kappa shape index (κ3) is 3.65. The normalized spacial score (nSPS) is 16.7. The Bertz CT molecular complexity index is 1360. The second-order valence-corrected chi connectivity index (χ2v) is 8.86. The molecule has 0 aliphatic carbocycles. The summed E-state index contributed by atoms with van der Waals surface area (Å²) in [6, 6.07) is 10.2. The second kappa shape index (κ2) is 8.36. The molecular formula is C22H25N7O2S. The molecule has 4 heterocycles. The number of thiazole rings is 1. The molecule has 0 amide bonds. The molecule has 10 heteroatoms. The van der Waals surface area contributed by atoms with Gasteiger partial charge in [-0.25, -0.2) is 9.78 Å². The summed E-state index contributed by atoms with van der Waals surface area (Å²) >= 11 is 1.60. The number of aromatic nitrogens is 5. The first kappa shape index (κ1) is 20.7. The van der Waals surface area contributed by atoms with Crippen LogP contribution in [0.4, 0.5) is 5.95 Å². The highest BCUT2D eigenvalue weighted by Gasteiger charge is 2.27. The molecule has 166 valence electrons.